The summed E-state index contributed by atoms with van der Waals surface area (Å²) in [7, 11) is -3.88. The minimum absolute atomic E-state index is 0.0139. The molecule has 2 amide bonds. The van der Waals surface area contributed by atoms with E-state index in [0.29, 0.717) is 17.9 Å². The van der Waals surface area contributed by atoms with E-state index in [1.54, 1.807) is 18.2 Å². The average molecular weight is 464 g/mol. The molecule has 9 heteroatoms. The van der Waals surface area contributed by atoms with E-state index >= 15 is 0 Å². The van der Waals surface area contributed by atoms with E-state index in [9.17, 15) is 18.0 Å². The lowest BCUT2D eigenvalue weighted by atomic mass is 9.84. The summed E-state index contributed by atoms with van der Waals surface area (Å²) in [5, 5.41) is 6.31. The first-order chi connectivity index (χ1) is 14.7. The fraction of sp³-hybridized carbons (Fsp3) is 0.364. The maximum atomic E-state index is 13.1. The lowest BCUT2D eigenvalue weighted by molar-refractivity contribution is -0.122. The van der Waals surface area contributed by atoms with Crippen molar-refractivity contribution in [2.75, 3.05) is 19.6 Å². The molecule has 0 saturated carbocycles. The highest BCUT2D eigenvalue weighted by Crippen LogP contribution is 2.30. The van der Waals surface area contributed by atoms with Gasteiger partial charge in [0, 0.05) is 23.7 Å². The Bertz CT molecular complexity index is 1070. The van der Waals surface area contributed by atoms with Gasteiger partial charge in [-0.05, 0) is 48.7 Å². The van der Waals surface area contributed by atoms with Crippen molar-refractivity contribution in [3.63, 3.8) is 0 Å². The molecule has 2 N–H and O–H groups in total. The quantitative estimate of drug-likeness (QED) is 0.660. The summed E-state index contributed by atoms with van der Waals surface area (Å²) in [6.07, 6.45) is 1.30. The SMILES string of the molecule is CCC(CC)(NC(=O)c1cccc(S(=O)(=O)N2CCNC(=O)C2)c1)c1ccc(Cl)cc1. The van der Waals surface area contributed by atoms with Crippen molar-refractivity contribution < 1.29 is 18.0 Å². The third-order valence-corrected chi connectivity index (χ3v) is 7.79. The van der Waals surface area contributed by atoms with Crippen LogP contribution in [0, 0.1) is 0 Å². The molecular weight excluding hydrogens is 438 g/mol. The van der Waals surface area contributed by atoms with Crippen LogP contribution in [0.5, 0.6) is 0 Å². The van der Waals surface area contributed by atoms with Crippen LogP contribution in [0.2, 0.25) is 5.02 Å². The molecule has 1 aliphatic rings. The van der Waals surface area contributed by atoms with Crippen LogP contribution in [0.1, 0.15) is 42.6 Å². The number of benzene rings is 2. The predicted molar refractivity (Wildman–Crippen MR) is 119 cm³/mol. The van der Waals surface area contributed by atoms with Crippen molar-refractivity contribution in [1.29, 1.82) is 0 Å². The molecule has 1 saturated heterocycles. The second-order valence-electron chi connectivity index (χ2n) is 7.47. The highest BCUT2D eigenvalue weighted by atomic mass is 35.5. The van der Waals surface area contributed by atoms with Gasteiger partial charge in [0.25, 0.3) is 5.91 Å². The molecule has 31 heavy (non-hydrogen) atoms. The number of nitrogens with one attached hydrogen (secondary N) is 2. The number of rotatable bonds is 7. The van der Waals surface area contributed by atoms with Crippen LogP contribution in [0.15, 0.2) is 53.4 Å². The van der Waals surface area contributed by atoms with Crippen molar-refractivity contribution in [1.82, 2.24) is 14.9 Å². The summed E-state index contributed by atoms with van der Waals surface area (Å²) in [4.78, 5) is 24.7. The number of hydrogen-bond acceptors (Lipinski definition) is 4. The average Bonchev–Trinajstić information content (AvgIpc) is 2.78. The Hall–Kier alpha value is -2.42. The molecule has 1 aliphatic heterocycles. The van der Waals surface area contributed by atoms with E-state index in [2.05, 4.69) is 10.6 Å². The van der Waals surface area contributed by atoms with E-state index in [0.717, 1.165) is 9.87 Å². The fourth-order valence-electron chi connectivity index (χ4n) is 3.73. The van der Waals surface area contributed by atoms with Gasteiger partial charge in [-0.1, -0.05) is 43.6 Å². The van der Waals surface area contributed by atoms with E-state index in [-0.39, 0.29) is 41.9 Å². The van der Waals surface area contributed by atoms with Gasteiger partial charge in [-0.15, -0.1) is 0 Å². The van der Waals surface area contributed by atoms with E-state index < -0.39 is 15.6 Å². The number of sulfonamides is 1. The normalized spacial score (nSPS) is 15.4. The summed E-state index contributed by atoms with van der Waals surface area (Å²) in [5.41, 5.74) is 0.558. The standard InChI is InChI=1S/C22H26ClN3O4S/c1-3-22(4-2,17-8-10-18(23)11-9-17)25-21(28)16-6-5-7-19(14-16)31(29,30)26-13-12-24-20(27)15-26/h5-11,14H,3-4,12-13,15H2,1-2H3,(H,24,27)(H,25,28). The molecule has 0 radical (unpaired) electrons. The fourth-order valence-corrected chi connectivity index (χ4v) is 5.30. The highest BCUT2D eigenvalue weighted by molar-refractivity contribution is 7.89. The molecular formula is C22H26ClN3O4S. The molecule has 7 nitrogen and oxygen atoms in total. The molecule has 0 spiro atoms. The number of nitrogens with zero attached hydrogens (tertiary/aromatic N) is 1. The van der Waals surface area contributed by atoms with Crippen LogP contribution in [0.25, 0.3) is 0 Å². The number of hydrogen-bond donors (Lipinski definition) is 2. The van der Waals surface area contributed by atoms with Gasteiger partial charge in [-0.3, -0.25) is 9.59 Å². The van der Waals surface area contributed by atoms with E-state index in [1.165, 1.54) is 18.2 Å². The van der Waals surface area contributed by atoms with E-state index in [1.807, 2.05) is 26.0 Å². The second kappa shape index (κ2) is 9.38. The Labute approximate surface area is 187 Å². The van der Waals surface area contributed by atoms with Crippen molar-refractivity contribution in [2.45, 2.75) is 37.1 Å². The molecule has 2 aromatic rings. The van der Waals surface area contributed by atoms with Gasteiger partial charge in [-0.2, -0.15) is 4.31 Å². The van der Waals surface area contributed by atoms with Crippen molar-refractivity contribution in [3.8, 4) is 0 Å². The number of carbonyl (C=O) groups is 2. The highest BCUT2D eigenvalue weighted by Gasteiger charge is 2.32. The Morgan fingerprint density at radius 3 is 2.45 bits per heavy atom. The summed E-state index contributed by atoms with van der Waals surface area (Å²) >= 11 is 6.01. The Morgan fingerprint density at radius 1 is 1.16 bits per heavy atom. The minimum atomic E-state index is -3.88. The molecule has 0 aromatic heterocycles. The number of amides is 2. The number of carbonyl (C=O) groups excluding carboxylic acids is 2. The first kappa shape index (κ1) is 23.2. The summed E-state index contributed by atoms with van der Waals surface area (Å²) in [6, 6.07) is 13.2. The lowest BCUT2D eigenvalue weighted by Crippen LogP contribution is -2.49. The summed E-state index contributed by atoms with van der Waals surface area (Å²) < 4.78 is 27.0. The smallest absolute Gasteiger partial charge is 0.252 e. The monoisotopic (exact) mass is 463 g/mol. The maximum Gasteiger partial charge on any atom is 0.252 e. The minimum Gasteiger partial charge on any atom is -0.354 e. The molecule has 1 fully saturated rings. The van der Waals surface area contributed by atoms with Crippen molar-refractivity contribution in [3.05, 3.63) is 64.7 Å². The van der Waals surface area contributed by atoms with Crippen LogP contribution in [-0.4, -0.2) is 44.2 Å². The second-order valence-corrected chi connectivity index (χ2v) is 9.84. The zero-order valence-electron chi connectivity index (χ0n) is 17.5. The molecule has 2 aromatic carbocycles. The van der Waals surface area contributed by atoms with Crippen LogP contribution in [-0.2, 0) is 20.4 Å². The van der Waals surface area contributed by atoms with Gasteiger partial charge in [-0.25, -0.2) is 8.42 Å². The molecule has 0 atom stereocenters. The van der Waals surface area contributed by atoms with Gasteiger partial charge >= 0.3 is 0 Å². The molecule has 3 rings (SSSR count). The zero-order valence-corrected chi connectivity index (χ0v) is 19.1. The Kier molecular flexibility index (Phi) is 7.03. The van der Waals surface area contributed by atoms with Gasteiger partial charge in [0.15, 0.2) is 0 Å². The molecule has 0 aliphatic carbocycles. The lowest BCUT2D eigenvalue weighted by Gasteiger charge is -2.34. The third kappa shape index (κ3) is 4.92. The largest absolute Gasteiger partial charge is 0.354 e. The van der Waals surface area contributed by atoms with Crippen molar-refractivity contribution in [2.24, 2.45) is 0 Å². The van der Waals surface area contributed by atoms with Gasteiger partial charge < -0.3 is 10.6 Å². The predicted octanol–water partition coefficient (Wildman–Crippen LogP) is 2.91. The van der Waals surface area contributed by atoms with Gasteiger partial charge in [0.1, 0.15) is 0 Å². The number of halogens is 1. The maximum absolute atomic E-state index is 13.1. The first-order valence-corrected chi connectivity index (χ1v) is 12.0. The molecule has 166 valence electrons. The molecule has 0 bridgehead atoms. The number of piperazine rings is 1. The molecule has 0 unspecified atom stereocenters. The Morgan fingerprint density at radius 2 is 1.84 bits per heavy atom. The molecule has 1 heterocycles. The van der Waals surface area contributed by atoms with Gasteiger partial charge in [0.05, 0.1) is 17.0 Å². The topological polar surface area (TPSA) is 95.6 Å². The van der Waals surface area contributed by atoms with Crippen LogP contribution < -0.4 is 10.6 Å². The van der Waals surface area contributed by atoms with Crippen LogP contribution in [0.3, 0.4) is 0 Å². The summed E-state index contributed by atoms with van der Waals surface area (Å²) in [5.74, 6) is -0.713. The van der Waals surface area contributed by atoms with Gasteiger partial charge in [0.2, 0.25) is 15.9 Å². The van der Waals surface area contributed by atoms with E-state index in [4.69, 9.17) is 11.6 Å². The third-order valence-electron chi connectivity index (χ3n) is 5.69. The van der Waals surface area contributed by atoms with Crippen molar-refractivity contribution >= 4 is 33.4 Å². The van der Waals surface area contributed by atoms with Crippen LogP contribution in [0.4, 0.5) is 0 Å². The summed E-state index contributed by atoms with van der Waals surface area (Å²) in [6.45, 7) is 4.19. The zero-order chi connectivity index (χ0) is 22.6. The van der Waals surface area contributed by atoms with Crippen LogP contribution >= 0.6 is 11.6 Å². The Balaban J connectivity index is 1.88. The first-order valence-electron chi connectivity index (χ1n) is 10.2.